The molecule has 0 fully saturated rings. The number of aliphatic hydroxyl groups is 1. The van der Waals surface area contributed by atoms with Gasteiger partial charge in [-0.25, -0.2) is 4.79 Å². The van der Waals surface area contributed by atoms with Crippen LogP contribution in [0.15, 0.2) is 54.6 Å². The van der Waals surface area contributed by atoms with E-state index in [1.54, 1.807) is 36.4 Å². The van der Waals surface area contributed by atoms with Crippen LogP contribution in [0.3, 0.4) is 0 Å². The van der Waals surface area contributed by atoms with Crippen LogP contribution < -0.4 is 4.74 Å². The van der Waals surface area contributed by atoms with Crippen molar-refractivity contribution in [3.8, 4) is 11.5 Å². The van der Waals surface area contributed by atoms with Gasteiger partial charge in [0, 0.05) is 6.61 Å². The second-order valence-electron chi connectivity index (χ2n) is 12.7. The smallest absolute Gasteiger partial charge is 0.347 e. The van der Waals surface area contributed by atoms with E-state index in [4.69, 9.17) is 9.84 Å². The second-order valence-corrected chi connectivity index (χ2v) is 23.1. The fourth-order valence-corrected chi connectivity index (χ4v) is 19.4. The van der Waals surface area contributed by atoms with Crippen LogP contribution in [0.2, 0.25) is 16.9 Å². The summed E-state index contributed by atoms with van der Waals surface area (Å²) in [6, 6.07) is 15.0. The van der Waals surface area contributed by atoms with Crippen LogP contribution in [0.4, 0.5) is 0 Å². The normalized spacial score (nSPS) is 11.3. The monoisotopic (exact) mass is 620 g/mol. The Morgan fingerprint density at radius 2 is 1.05 bits per heavy atom. The predicted molar refractivity (Wildman–Crippen MR) is 179 cm³/mol. The summed E-state index contributed by atoms with van der Waals surface area (Å²) in [6.07, 6.45) is 13.3. The van der Waals surface area contributed by atoms with E-state index in [1.165, 1.54) is 69.9 Å². The molecule has 0 radical (unpaired) electrons. The van der Waals surface area contributed by atoms with Gasteiger partial charge < -0.3 is 14.9 Å². The predicted octanol–water partition coefficient (Wildman–Crippen LogP) is 12.0. The van der Waals surface area contributed by atoms with Gasteiger partial charge in [-0.3, -0.25) is 0 Å². The molecule has 2 rings (SSSR count). The first kappa shape index (κ1) is 40.4. The molecule has 5 heteroatoms. The maximum atomic E-state index is 11.7. The van der Waals surface area contributed by atoms with Gasteiger partial charge in [0.15, 0.2) is 0 Å². The van der Waals surface area contributed by atoms with Crippen molar-refractivity contribution in [2.24, 2.45) is 0 Å². The molecule has 0 spiro atoms. The maximum Gasteiger partial charge on any atom is 0.347 e. The van der Waals surface area contributed by atoms with E-state index in [1.807, 2.05) is 6.07 Å². The van der Waals surface area contributed by atoms with Crippen LogP contribution in [-0.4, -0.2) is 22.8 Å². The minimum Gasteiger partial charge on any atom is -0.507 e. The largest absolute Gasteiger partial charge is 0.507 e. The van der Waals surface area contributed by atoms with Gasteiger partial charge in [0.2, 0.25) is 0 Å². The van der Waals surface area contributed by atoms with Crippen molar-refractivity contribution >= 4 is 5.97 Å². The summed E-state index contributed by atoms with van der Waals surface area (Å²) in [7, 11) is 0. The van der Waals surface area contributed by atoms with E-state index in [0.29, 0.717) is 12.4 Å². The van der Waals surface area contributed by atoms with Crippen molar-refractivity contribution in [3.05, 3.63) is 60.2 Å². The molecule has 240 valence electrons. The van der Waals surface area contributed by atoms with E-state index in [9.17, 15) is 9.90 Å². The van der Waals surface area contributed by atoms with Gasteiger partial charge in [0.25, 0.3) is 0 Å². The minimum atomic E-state index is -1.67. The van der Waals surface area contributed by atoms with Gasteiger partial charge in [-0.1, -0.05) is 95.0 Å². The first-order valence-electron chi connectivity index (χ1n) is 16.6. The third-order valence-electron chi connectivity index (χ3n) is 8.59. The van der Waals surface area contributed by atoms with Gasteiger partial charge in [-0.05, 0) is 30.7 Å². The molecular formula is C37H64O4Ti. The SMILES string of the molecule is CCCCCCCCCCCCO.C[CH](C)[Ti]([CH](C)C)([CH](C)C)[CH](C)C.O=C(Oc1ccccc1)c1ccccc1O. The summed E-state index contributed by atoms with van der Waals surface area (Å²) in [5.74, 6) is -0.191. The van der Waals surface area contributed by atoms with Gasteiger partial charge in [-0.2, -0.15) is 0 Å². The number of para-hydroxylation sites is 2. The number of benzene rings is 2. The quantitative estimate of drug-likeness (QED) is 0.0848. The molecule has 4 nitrogen and oxygen atoms in total. The molecule has 0 unspecified atom stereocenters. The molecular weight excluding hydrogens is 556 g/mol. The van der Waals surface area contributed by atoms with E-state index < -0.39 is 22.6 Å². The Labute approximate surface area is 263 Å². The maximum absolute atomic E-state index is 11.7. The average molecular weight is 621 g/mol. The van der Waals surface area contributed by atoms with Crippen LogP contribution in [0.1, 0.15) is 137 Å². The Morgan fingerprint density at radius 1 is 0.643 bits per heavy atom. The van der Waals surface area contributed by atoms with Crippen molar-refractivity contribution < 1.29 is 36.3 Å². The molecule has 0 atom stereocenters. The number of unbranched alkanes of at least 4 members (excludes halogenated alkanes) is 9. The first-order chi connectivity index (χ1) is 20.0. The molecule has 42 heavy (non-hydrogen) atoms. The van der Waals surface area contributed by atoms with Crippen LogP contribution in [0, 0.1) is 0 Å². The van der Waals surface area contributed by atoms with Crippen molar-refractivity contribution in [2.75, 3.05) is 6.61 Å². The molecule has 0 aliphatic heterocycles. The Hall–Kier alpha value is -1.62. The van der Waals surface area contributed by atoms with Gasteiger partial charge in [-0.15, -0.1) is 0 Å². The van der Waals surface area contributed by atoms with E-state index in [-0.39, 0.29) is 11.3 Å². The number of hydrogen-bond donors (Lipinski definition) is 2. The first-order valence-corrected chi connectivity index (χ1v) is 20.2. The third kappa shape index (κ3) is 15.2. The minimum absolute atomic E-state index is 0.0802. The average Bonchev–Trinajstić information content (AvgIpc) is 2.93. The summed E-state index contributed by atoms with van der Waals surface area (Å²) in [6.45, 7) is 22.3. The number of aromatic hydroxyl groups is 1. The molecule has 0 aliphatic rings. The van der Waals surface area contributed by atoms with Gasteiger partial charge in [0.1, 0.15) is 17.1 Å². The molecule has 0 saturated heterocycles. The Kier molecular flexibility index (Phi) is 22.9. The third-order valence-corrected chi connectivity index (χ3v) is 21.1. The van der Waals surface area contributed by atoms with Crippen LogP contribution in [0.5, 0.6) is 11.5 Å². The zero-order valence-electron chi connectivity index (χ0n) is 28.5. The zero-order chi connectivity index (χ0) is 32.0. The number of esters is 1. The topological polar surface area (TPSA) is 66.8 Å². The molecule has 0 saturated carbocycles. The summed E-state index contributed by atoms with van der Waals surface area (Å²) in [5, 5.41) is 18.0. The van der Waals surface area contributed by atoms with Crippen LogP contribution in [0.25, 0.3) is 0 Å². The summed E-state index contributed by atoms with van der Waals surface area (Å²) < 4.78 is 8.92. The Morgan fingerprint density at radius 3 is 1.43 bits per heavy atom. The van der Waals surface area contributed by atoms with Crippen LogP contribution >= 0.6 is 0 Å². The van der Waals surface area contributed by atoms with E-state index >= 15 is 0 Å². The molecule has 0 aromatic heterocycles. The number of hydrogen-bond acceptors (Lipinski definition) is 4. The number of carbonyl (C=O) groups excluding carboxylic acids is 1. The number of carbonyl (C=O) groups is 1. The van der Waals surface area contributed by atoms with E-state index in [0.717, 1.165) is 23.3 Å². The summed E-state index contributed by atoms with van der Waals surface area (Å²) in [5.41, 5.74) is 0.159. The number of phenols is 1. The Balaban J connectivity index is 0.000000607. The fraction of sp³-hybridized carbons (Fsp3) is 0.649. The van der Waals surface area contributed by atoms with Gasteiger partial charge >= 0.3 is 94.8 Å². The number of rotatable bonds is 16. The van der Waals surface area contributed by atoms with E-state index in [2.05, 4.69) is 62.3 Å². The number of phenolic OH excluding ortho intramolecular Hbond substituents is 1. The van der Waals surface area contributed by atoms with Crippen molar-refractivity contribution in [1.29, 1.82) is 0 Å². The summed E-state index contributed by atoms with van der Waals surface area (Å²) >= 11 is -1.67. The molecule has 0 heterocycles. The second kappa shape index (κ2) is 23.8. The fourth-order valence-electron chi connectivity index (χ4n) is 6.90. The molecule has 2 N–H and O–H groups in total. The number of aliphatic hydroxyl groups excluding tert-OH is 1. The summed E-state index contributed by atoms with van der Waals surface area (Å²) in [4.78, 5) is 11.7. The van der Waals surface area contributed by atoms with Crippen molar-refractivity contribution in [1.82, 2.24) is 0 Å². The Bertz CT molecular complexity index is 877. The number of ether oxygens (including phenoxy) is 1. The molecule has 0 amide bonds. The van der Waals surface area contributed by atoms with Crippen molar-refractivity contribution in [3.63, 3.8) is 0 Å². The standard InChI is InChI=1S/C13H10O3.C12H26O.4C3H7.Ti/c14-12-9-5-4-8-11(12)13(15)16-10-6-2-1-3-7-10;1-2-3-4-5-6-7-8-9-10-11-12-13;4*1-3-2;/h1-9,14H;13H,2-12H2,1H3;4*3H,1-2H3;. The zero-order valence-corrected chi connectivity index (χ0v) is 30.1. The molecule has 0 bridgehead atoms. The van der Waals surface area contributed by atoms with Crippen molar-refractivity contribution in [2.45, 2.75) is 143 Å². The van der Waals surface area contributed by atoms with Gasteiger partial charge in [0.05, 0.1) is 0 Å². The molecule has 2 aromatic carbocycles. The molecule has 2 aromatic rings. The van der Waals surface area contributed by atoms with Crippen LogP contribution in [-0.2, 0) is 16.6 Å². The molecule has 0 aliphatic carbocycles.